The quantitative estimate of drug-likeness (QED) is 0.586. The Hall–Kier alpha value is -1.60. The molecule has 5 nitrogen and oxygen atoms in total. The predicted octanol–water partition coefficient (Wildman–Crippen LogP) is 5.34. The monoisotopic (exact) mass is 496 g/mol. The van der Waals surface area contributed by atoms with Crippen molar-refractivity contribution in [1.82, 2.24) is 9.62 Å². The second kappa shape index (κ2) is 10.1. The Bertz CT molecular complexity index is 1110. The van der Waals surface area contributed by atoms with E-state index in [4.69, 9.17) is 23.2 Å². The van der Waals surface area contributed by atoms with Gasteiger partial charge in [-0.05, 0) is 80.5 Å². The number of carbonyl (C=O) groups is 1. The molecule has 0 spiro atoms. The molecule has 0 aromatic heterocycles. The van der Waals surface area contributed by atoms with E-state index in [0.29, 0.717) is 41.5 Å². The molecule has 1 aliphatic rings. The van der Waals surface area contributed by atoms with Gasteiger partial charge in [0.25, 0.3) is 0 Å². The molecule has 1 aliphatic heterocycles. The average molecular weight is 497 g/mol. The second-order valence-electron chi connectivity index (χ2n) is 8.69. The van der Waals surface area contributed by atoms with E-state index in [1.54, 1.807) is 18.2 Å². The standard InChI is InChI=1S/C24H30Cl2N2O3S/c1-15-11-17(3)22(12-16(15)2)18(4)27-24(29)19-7-9-28(10-8-19)32(30,31)14-20-5-6-21(25)13-23(20)26/h5-6,11-13,18-19H,7-10,14H2,1-4H3,(H,27,29). The number of nitrogens with zero attached hydrogens (tertiary/aromatic N) is 1. The predicted molar refractivity (Wildman–Crippen MR) is 131 cm³/mol. The molecule has 1 unspecified atom stereocenters. The minimum Gasteiger partial charge on any atom is -0.349 e. The summed E-state index contributed by atoms with van der Waals surface area (Å²) in [4.78, 5) is 12.9. The highest BCUT2D eigenvalue weighted by atomic mass is 35.5. The van der Waals surface area contributed by atoms with Crippen LogP contribution in [0.25, 0.3) is 0 Å². The Morgan fingerprint density at radius 3 is 2.31 bits per heavy atom. The summed E-state index contributed by atoms with van der Waals surface area (Å²) in [6, 6.07) is 8.99. The maximum atomic E-state index is 12.9. The van der Waals surface area contributed by atoms with Gasteiger partial charge in [0, 0.05) is 29.1 Å². The normalized spacial score (nSPS) is 16.7. The summed E-state index contributed by atoms with van der Waals surface area (Å²) in [7, 11) is -3.53. The highest BCUT2D eigenvalue weighted by molar-refractivity contribution is 7.88. The number of halogens is 2. The lowest BCUT2D eigenvalue weighted by Crippen LogP contribution is -2.43. The third-order valence-corrected chi connectivity index (χ3v) is 8.69. The molecule has 1 N–H and O–H groups in total. The highest BCUT2D eigenvalue weighted by Crippen LogP contribution is 2.27. The van der Waals surface area contributed by atoms with Crippen LogP contribution in [0.2, 0.25) is 10.0 Å². The van der Waals surface area contributed by atoms with E-state index in [9.17, 15) is 13.2 Å². The fraction of sp³-hybridized carbons (Fsp3) is 0.458. The van der Waals surface area contributed by atoms with Gasteiger partial charge in [-0.2, -0.15) is 0 Å². The molecule has 3 rings (SSSR count). The number of hydrogen-bond acceptors (Lipinski definition) is 3. The van der Waals surface area contributed by atoms with E-state index in [0.717, 1.165) is 11.1 Å². The van der Waals surface area contributed by atoms with Crippen LogP contribution in [0.5, 0.6) is 0 Å². The highest BCUT2D eigenvalue weighted by Gasteiger charge is 2.32. The van der Waals surface area contributed by atoms with Gasteiger partial charge in [0.2, 0.25) is 15.9 Å². The first-order chi connectivity index (χ1) is 15.0. The van der Waals surface area contributed by atoms with E-state index < -0.39 is 10.0 Å². The van der Waals surface area contributed by atoms with Crippen molar-refractivity contribution in [2.45, 2.75) is 52.3 Å². The van der Waals surface area contributed by atoms with Crippen LogP contribution in [0.1, 0.15) is 53.6 Å². The summed E-state index contributed by atoms with van der Waals surface area (Å²) in [5.74, 6) is -0.397. The number of piperidine rings is 1. The fourth-order valence-corrected chi connectivity index (χ4v) is 6.33. The minimum absolute atomic E-state index is 0.0204. The lowest BCUT2D eigenvalue weighted by atomic mass is 9.94. The molecule has 1 atom stereocenters. The summed E-state index contributed by atoms with van der Waals surface area (Å²) in [5.41, 5.74) is 5.22. The van der Waals surface area contributed by atoms with Gasteiger partial charge >= 0.3 is 0 Å². The summed E-state index contributed by atoms with van der Waals surface area (Å²) in [6.07, 6.45) is 0.996. The van der Waals surface area contributed by atoms with Crippen molar-refractivity contribution in [1.29, 1.82) is 0 Å². The number of hydrogen-bond donors (Lipinski definition) is 1. The lowest BCUT2D eigenvalue weighted by Gasteiger charge is -2.31. The van der Waals surface area contributed by atoms with Crippen molar-refractivity contribution in [3.05, 3.63) is 68.2 Å². The van der Waals surface area contributed by atoms with Gasteiger partial charge in [-0.1, -0.05) is 41.4 Å². The smallest absolute Gasteiger partial charge is 0.223 e. The van der Waals surface area contributed by atoms with Crippen LogP contribution >= 0.6 is 23.2 Å². The molecule has 0 saturated carbocycles. The Kier molecular flexibility index (Phi) is 7.92. The van der Waals surface area contributed by atoms with Gasteiger partial charge in [-0.3, -0.25) is 4.79 Å². The van der Waals surface area contributed by atoms with Crippen molar-refractivity contribution in [3.8, 4) is 0 Å². The SMILES string of the molecule is Cc1cc(C)c(C(C)NC(=O)C2CCN(S(=O)(=O)Cc3ccc(Cl)cc3Cl)CC2)cc1C. The molecule has 1 fully saturated rings. The second-order valence-corrected chi connectivity index (χ2v) is 11.5. The molecule has 2 aromatic rings. The van der Waals surface area contributed by atoms with Gasteiger partial charge in [-0.25, -0.2) is 12.7 Å². The molecule has 0 aliphatic carbocycles. The minimum atomic E-state index is -3.53. The molecule has 1 heterocycles. The molecule has 1 saturated heterocycles. The number of rotatable bonds is 6. The number of amides is 1. The van der Waals surface area contributed by atoms with Gasteiger partial charge < -0.3 is 5.32 Å². The molecule has 1 amide bonds. The third-order valence-electron chi connectivity index (χ3n) is 6.28. The van der Waals surface area contributed by atoms with Gasteiger partial charge in [0.1, 0.15) is 0 Å². The van der Waals surface area contributed by atoms with Crippen LogP contribution in [0.4, 0.5) is 0 Å². The largest absolute Gasteiger partial charge is 0.349 e. The number of sulfonamides is 1. The van der Waals surface area contributed by atoms with Gasteiger partial charge in [0.05, 0.1) is 11.8 Å². The van der Waals surface area contributed by atoms with Crippen molar-refractivity contribution in [2.75, 3.05) is 13.1 Å². The molecule has 0 bridgehead atoms. The van der Waals surface area contributed by atoms with Crippen molar-refractivity contribution >= 4 is 39.1 Å². The Morgan fingerprint density at radius 2 is 1.69 bits per heavy atom. The maximum Gasteiger partial charge on any atom is 0.223 e. The van der Waals surface area contributed by atoms with Gasteiger partial charge in [-0.15, -0.1) is 0 Å². The molecule has 8 heteroatoms. The van der Waals surface area contributed by atoms with E-state index in [1.807, 2.05) is 6.92 Å². The van der Waals surface area contributed by atoms with Crippen LogP contribution in [-0.4, -0.2) is 31.7 Å². The van der Waals surface area contributed by atoms with Crippen LogP contribution in [-0.2, 0) is 20.6 Å². The number of carbonyl (C=O) groups excluding carboxylic acids is 1. The Morgan fingerprint density at radius 1 is 1.06 bits per heavy atom. The van der Waals surface area contributed by atoms with E-state index >= 15 is 0 Å². The zero-order valence-corrected chi connectivity index (χ0v) is 21.2. The van der Waals surface area contributed by atoms with Crippen LogP contribution in [0.15, 0.2) is 30.3 Å². The number of benzene rings is 2. The number of nitrogens with one attached hydrogen (secondary N) is 1. The first-order valence-electron chi connectivity index (χ1n) is 10.8. The molecule has 32 heavy (non-hydrogen) atoms. The summed E-state index contributed by atoms with van der Waals surface area (Å²) in [6.45, 7) is 8.84. The van der Waals surface area contributed by atoms with E-state index in [1.165, 1.54) is 15.4 Å². The average Bonchev–Trinajstić information content (AvgIpc) is 2.72. The maximum absolute atomic E-state index is 12.9. The van der Waals surface area contributed by atoms with E-state index in [-0.39, 0.29) is 23.6 Å². The Labute approximate surface area is 201 Å². The summed E-state index contributed by atoms with van der Waals surface area (Å²) >= 11 is 12.0. The first-order valence-corrected chi connectivity index (χ1v) is 13.1. The zero-order chi connectivity index (χ0) is 23.6. The van der Waals surface area contributed by atoms with Crippen molar-refractivity contribution in [2.24, 2.45) is 5.92 Å². The molecule has 0 radical (unpaired) electrons. The zero-order valence-electron chi connectivity index (χ0n) is 18.9. The summed E-state index contributed by atoms with van der Waals surface area (Å²) in [5, 5.41) is 3.93. The molecule has 174 valence electrons. The lowest BCUT2D eigenvalue weighted by molar-refractivity contribution is -0.126. The fourth-order valence-electron chi connectivity index (χ4n) is 4.18. The molecule has 2 aromatic carbocycles. The van der Waals surface area contributed by atoms with Crippen molar-refractivity contribution in [3.63, 3.8) is 0 Å². The number of aryl methyl sites for hydroxylation is 3. The first kappa shape index (κ1) is 25.0. The molecular weight excluding hydrogens is 467 g/mol. The third kappa shape index (κ3) is 5.84. The van der Waals surface area contributed by atoms with Gasteiger partial charge in [0.15, 0.2) is 0 Å². The Balaban J connectivity index is 1.59. The van der Waals surface area contributed by atoms with Crippen LogP contribution in [0, 0.1) is 26.7 Å². The summed E-state index contributed by atoms with van der Waals surface area (Å²) < 4.78 is 27.2. The molecular formula is C24H30Cl2N2O3S. The van der Waals surface area contributed by atoms with Crippen molar-refractivity contribution < 1.29 is 13.2 Å². The van der Waals surface area contributed by atoms with Crippen LogP contribution in [0.3, 0.4) is 0 Å². The topological polar surface area (TPSA) is 66.5 Å². The van der Waals surface area contributed by atoms with Crippen LogP contribution < -0.4 is 5.32 Å². The van der Waals surface area contributed by atoms with E-state index in [2.05, 4.69) is 38.2 Å².